The lowest BCUT2D eigenvalue weighted by atomic mass is 10.0. The Balaban J connectivity index is 2.70. The number of carboxylic acid groups (broad SMARTS) is 1. The molecule has 0 bridgehead atoms. The molecule has 1 aromatic rings. The van der Waals surface area contributed by atoms with Gasteiger partial charge in [0.2, 0.25) is 0 Å². The molecule has 0 saturated carbocycles. The van der Waals surface area contributed by atoms with Crippen molar-refractivity contribution in [3.8, 4) is 0 Å². The molecule has 1 amide bonds. The van der Waals surface area contributed by atoms with E-state index >= 15 is 0 Å². The van der Waals surface area contributed by atoms with E-state index in [0.717, 1.165) is 5.56 Å². The Kier molecular flexibility index (Phi) is 5.44. The third-order valence-electron chi connectivity index (χ3n) is 2.21. The Morgan fingerprint density at radius 3 is 2.61 bits per heavy atom. The Labute approximate surface area is 105 Å². The van der Waals surface area contributed by atoms with Crippen molar-refractivity contribution in [3.05, 3.63) is 48.6 Å². The molecule has 0 fully saturated rings. The zero-order valence-corrected chi connectivity index (χ0v) is 9.83. The Morgan fingerprint density at radius 1 is 1.39 bits per heavy atom. The molecular weight excluding hydrogens is 234 g/mol. The number of carbonyl (C=O) groups excluding carboxylic acids is 1. The van der Waals surface area contributed by atoms with Crippen molar-refractivity contribution in [3.63, 3.8) is 0 Å². The summed E-state index contributed by atoms with van der Waals surface area (Å²) in [5.74, 6) is -0.993. The highest BCUT2D eigenvalue weighted by molar-refractivity contribution is 5.72. The van der Waals surface area contributed by atoms with Crippen molar-refractivity contribution in [2.45, 2.75) is 12.5 Å². The minimum atomic E-state index is -0.993. The zero-order chi connectivity index (χ0) is 13.4. The van der Waals surface area contributed by atoms with E-state index in [1.807, 2.05) is 6.07 Å². The fourth-order valence-corrected chi connectivity index (χ4v) is 1.43. The molecule has 1 rings (SSSR count). The molecule has 5 nitrogen and oxygen atoms in total. The van der Waals surface area contributed by atoms with Crippen LogP contribution in [0.15, 0.2) is 43.0 Å². The summed E-state index contributed by atoms with van der Waals surface area (Å²) < 4.78 is 4.76. The number of ether oxygens (including phenoxy) is 1. The molecule has 0 heterocycles. The van der Waals surface area contributed by atoms with Gasteiger partial charge in [0, 0.05) is 0 Å². The number of aliphatic carboxylic acids is 1. The summed E-state index contributed by atoms with van der Waals surface area (Å²) in [6, 6.07) is 8.27. The molecule has 1 unspecified atom stereocenters. The van der Waals surface area contributed by atoms with Crippen LogP contribution in [0.2, 0.25) is 0 Å². The van der Waals surface area contributed by atoms with Crippen LogP contribution in [0.4, 0.5) is 4.79 Å². The van der Waals surface area contributed by atoms with Gasteiger partial charge in [-0.2, -0.15) is 0 Å². The van der Waals surface area contributed by atoms with Crippen LogP contribution in [0.25, 0.3) is 0 Å². The van der Waals surface area contributed by atoms with Crippen LogP contribution >= 0.6 is 0 Å². The van der Waals surface area contributed by atoms with Gasteiger partial charge < -0.3 is 15.2 Å². The van der Waals surface area contributed by atoms with Gasteiger partial charge in [0.25, 0.3) is 0 Å². The summed E-state index contributed by atoms with van der Waals surface area (Å²) in [6.45, 7) is 3.50. The normalized spacial score (nSPS) is 11.3. The summed E-state index contributed by atoms with van der Waals surface area (Å²) in [5.41, 5.74) is 0.718. The second kappa shape index (κ2) is 7.11. The van der Waals surface area contributed by atoms with Crippen LogP contribution in [0.3, 0.4) is 0 Å². The Bertz CT molecular complexity index is 416. The van der Waals surface area contributed by atoms with E-state index < -0.39 is 18.1 Å². The topological polar surface area (TPSA) is 75.6 Å². The van der Waals surface area contributed by atoms with Crippen LogP contribution in [-0.4, -0.2) is 23.8 Å². The average Bonchev–Trinajstić information content (AvgIpc) is 2.36. The molecule has 1 atom stereocenters. The lowest BCUT2D eigenvalue weighted by Crippen LogP contribution is -2.30. The lowest BCUT2D eigenvalue weighted by Gasteiger charge is -2.16. The average molecular weight is 249 g/mol. The first-order valence-electron chi connectivity index (χ1n) is 5.44. The molecule has 0 aliphatic carbocycles. The number of carbonyl (C=O) groups is 2. The molecule has 0 aliphatic heterocycles. The number of carboxylic acids is 1. The molecule has 0 aromatic heterocycles. The highest BCUT2D eigenvalue weighted by Gasteiger charge is 2.18. The molecule has 96 valence electrons. The van der Waals surface area contributed by atoms with Gasteiger partial charge in [0.1, 0.15) is 6.61 Å². The van der Waals surface area contributed by atoms with Gasteiger partial charge in [0.15, 0.2) is 0 Å². The van der Waals surface area contributed by atoms with Crippen LogP contribution in [0, 0.1) is 0 Å². The number of amides is 1. The largest absolute Gasteiger partial charge is 0.481 e. The SMILES string of the molecule is C=CCOC(=O)NC(CC(=O)O)c1ccccc1. The second-order valence-electron chi connectivity index (χ2n) is 3.59. The minimum absolute atomic E-state index is 0.0837. The number of hydrogen-bond donors (Lipinski definition) is 2. The molecule has 18 heavy (non-hydrogen) atoms. The first-order valence-corrected chi connectivity index (χ1v) is 5.44. The van der Waals surface area contributed by atoms with Crippen molar-refractivity contribution in [1.29, 1.82) is 0 Å². The van der Waals surface area contributed by atoms with Gasteiger partial charge in [-0.15, -0.1) is 0 Å². The van der Waals surface area contributed by atoms with Crippen molar-refractivity contribution in [2.75, 3.05) is 6.61 Å². The van der Waals surface area contributed by atoms with E-state index in [-0.39, 0.29) is 13.0 Å². The number of hydrogen-bond acceptors (Lipinski definition) is 3. The monoisotopic (exact) mass is 249 g/mol. The summed E-state index contributed by atoms with van der Waals surface area (Å²) in [4.78, 5) is 22.2. The van der Waals surface area contributed by atoms with Crippen LogP contribution in [-0.2, 0) is 9.53 Å². The third kappa shape index (κ3) is 4.69. The second-order valence-corrected chi connectivity index (χ2v) is 3.59. The van der Waals surface area contributed by atoms with E-state index in [2.05, 4.69) is 11.9 Å². The molecular formula is C13H15NO4. The summed E-state index contributed by atoms with van der Waals surface area (Å²) >= 11 is 0. The van der Waals surface area contributed by atoms with E-state index in [4.69, 9.17) is 9.84 Å². The quantitative estimate of drug-likeness (QED) is 0.757. The molecule has 5 heteroatoms. The van der Waals surface area contributed by atoms with Gasteiger partial charge in [-0.05, 0) is 5.56 Å². The number of alkyl carbamates (subject to hydrolysis) is 1. The smallest absolute Gasteiger partial charge is 0.407 e. The molecule has 2 N–H and O–H groups in total. The van der Waals surface area contributed by atoms with E-state index in [9.17, 15) is 9.59 Å². The number of rotatable bonds is 6. The van der Waals surface area contributed by atoms with Gasteiger partial charge >= 0.3 is 12.1 Å². The van der Waals surface area contributed by atoms with Crippen molar-refractivity contribution >= 4 is 12.1 Å². The maximum atomic E-state index is 11.4. The van der Waals surface area contributed by atoms with E-state index in [1.54, 1.807) is 24.3 Å². The fraction of sp³-hybridized carbons (Fsp3) is 0.231. The zero-order valence-electron chi connectivity index (χ0n) is 9.83. The van der Waals surface area contributed by atoms with Gasteiger partial charge in [0.05, 0.1) is 12.5 Å². The molecule has 1 aromatic carbocycles. The van der Waals surface area contributed by atoms with Crippen LogP contribution < -0.4 is 5.32 Å². The van der Waals surface area contributed by atoms with Crippen molar-refractivity contribution < 1.29 is 19.4 Å². The van der Waals surface area contributed by atoms with E-state index in [0.29, 0.717) is 0 Å². The van der Waals surface area contributed by atoms with E-state index in [1.165, 1.54) is 6.08 Å². The highest BCUT2D eigenvalue weighted by atomic mass is 16.5. The fourth-order valence-electron chi connectivity index (χ4n) is 1.43. The van der Waals surface area contributed by atoms with Gasteiger partial charge in [-0.1, -0.05) is 43.0 Å². The maximum absolute atomic E-state index is 11.4. The minimum Gasteiger partial charge on any atom is -0.481 e. The first-order chi connectivity index (χ1) is 8.63. The summed E-state index contributed by atoms with van der Waals surface area (Å²) in [6.07, 6.45) is 0.576. The Hall–Kier alpha value is -2.30. The Morgan fingerprint density at radius 2 is 2.06 bits per heavy atom. The van der Waals surface area contributed by atoms with Crippen molar-refractivity contribution in [1.82, 2.24) is 5.32 Å². The molecule has 0 spiro atoms. The summed E-state index contributed by atoms with van der Waals surface area (Å²) in [5, 5.41) is 11.3. The highest BCUT2D eigenvalue weighted by Crippen LogP contribution is 2.16. The number of benzene rings is 1. The van der Waals surface area contributed by atoms with Crippen LogP contribution in [0.5, 0.6) is 0 Å². The molecule has 0 saturated heterocycles. The predicted molar refractivity (Wildman–Crippen MR) is 66.1 cm³/mol. The van der Waals surface area contributed by atoms with Gasteiger partial charge in [-0.25, -0.2) is 4.79 Å². The maximum Gasteiger partial charge on any atom is 0.407 e. The first kappa shape index (κ1) is 13.8. The number of nitrogens with one attached hydrogen (secondary N) is 1. The van der Waals surface area contributed by atoms with Crippen molar-refractivity contribution in [2.24, 2.45) is 0 Å². The van der Waals surface area contributed by atoms with Crippen LogP contribution in [0.1, 0.15) is 18.0 Å². The predicted octanol–water partition coefficient (Wildman–Crippen LogP) is 2.11. The third-order valence-corrected chi connectivity index (χ3v) is 2.21. The molecule has 0 aliphatic rings. The molecule has 0 radical (unpaired) electrons. The van der Waals surface area contributed by atoms with Gasteiger partial charge in [-0.3, -0.25) is 4.79 Å². The standard InChI is InChI=1S/C13H15NO4/c1-2-8-18-13(17)14-11(9-12(15)16)10-6-4-3-5-7-10/h2-7,11H,1,8-9H2,(H,14,17)(H,15,16). The summed E-state index contributed by atoms with van der Waals surface area (Å²) in [7, 11) is 0. The lowest BCUT2D eigenvalue weighted by molar-refractivity contribution is -0.137.